The molecule has 314 valence electrons. The van der Waals surface area contributed by atoms with Crippen molar-refractivity contribution in [1.82, 2.24) is 5.32 Å². The van der Waals surface area contributed by atoms with Crippen molar-refractivity contribution in [3.05, 3.63) is 60.8 Å². The van der Waals surface area contributed by atoms with Crippen molar-refractivity contribution in [2.24, 2.45) is 0 Å². The number of nitrogens with zero attached hydrogens (tertiary/aromatic N) is 1. The van der Waals surface area contributed by atoms with Gasteiger partial charge in [0.1, 0.15) is 13.2 Å². The van der Waals surface area contributed by atoms with E-state index in [0.29, 0.717) is 17.4 Å². The molecule has 0 fully saturated rings. The Labute approximate surface area is 332 Å². The first-order valence-corrected chi connectivity index (χ1v) is 23.2. The van der Waals surface area contributed by atoms with Crippen LogP contribution in [0.4, 0.5) is 0 Å². The van der Waals surface area contributed by atoms with Crippen LogP contribution in [0.1, 0.15) is 168 Å². The van der Waals surface area contributed by atoms with Crippen LogP contribution in [0.2, 0.25) is 0 Å². The van der Waals surface area contributed by atoms with Gasteiger partial charge in [-0.25, -0.2) is 4.57 Å². The van der Waals surface area contributed by atoms with Gasteiger partial charge in [0.2, 0.25) is 5.91 Å². The molecule has 0 saturated heterocycles. The molecule has 3 atom stereocenters. The summed E-state index contributed by atoms with van der Waals surface area (Å²) in [5, 5.41) is 13.6. The molecule has 0 aliphatic carbocycles. The molecular weight excluding hydrogens is 695 g/mol. The number of unbranched alkanes of at least 4 members (excludes halogenated alkanes) is 17. The molecule has 0 aromatic rings. The molecule has 0 saturated carbocycles. The van der Waals surface area contributed by atoms with Gasteiger partial charge in [-0.15, -0.1) is 0 Å². The fourth-order valence-electron chi connectivity index (χ4n) is 5.79. The molecule has 0 rings (SSSR count). The summed E-state index contributed by atoms with van der Waals surface area (Å²) >= 11 is 0. The first-order chi connectivity index (χ1) is 26.0. The summed E-state index contributed by atoms with van der Waals surface area (Å²) in [5.74, 6) is -0.188. The second kappa shape index (κ2) is 36.8. The minimum absolute atomic E-state index is 0.0587. The zero-order valence-electron chi connectivity index (χ0n) is 35.4. The standard InChI is InChI=1S/C45H83N2O6P/c1-6-8-10-12-13-14-15-16-17-18-19-20-21-22-23-24-25-26-27-28-29-30-31-32-33-35-37-39-45(49)46-43(44(48)38-36-34-11-9-7-2)42-53-54(50,51)52-41-40-47(3,4)5/h8,10,13-14,16-17,19-20,36,38,43-44,48H,6-7,9,11-12,15,18,21-35,37,39-42H2,1-5H3,(H-,46,49,50,51)/p+1/b10-8-,14-13-,17-16-,20-19-,38-36+. The van der Waals surface area contributed by atoms with Gasteiger partial charge in [-0.3, -0.25) is 13.8 Å². The summed E-state index contributed by atoms with van der Waals surface area (Å²) in [4.78, 5) is 22.9. The van der Waals surface area contributed by atoms with Gasteiger partial charge in [0, 0.05) is 6.42 Å². The SMILES string of the molecule is CC/C=C\C/C=C\C/C=C\C/C=C\CCCCCCCCCCCCCCCCC(=O)NC(COP(=O)(O)OCC[N+](C)(C)C)C(O)/C=C/CCCCC. The zero-order chi connectivity index (χ0) is 40.0. The van der Waals surface area contributed by atoms with E-state index in [2.05, 4.69) is 67.8 Å². The predicted octanol–water partition coefficient (Wildman–Crippen LogP) is 11.9. The number of nitrogens with one attached hydrogen (secondary N) is 1. The number of carbonyl (C=O) groups excluding carboxylic acids is 1. The number of rotatable bonds is 38. The molecule has 0 aromatic heterocycles. The summed E-state index contributed by atoms with van der Waals surface area (Å²) < 4.78 is 23.3. The maximum atomic E-state index is 12.7. The van der Waals surface area contributed by atoms with E-state index in [4.69, 9.17) is 9.05 Å². The van der Waals surface area contributed by atoms with E-state index in [0.717, 1.165) is 70.6 Å². The van der Waals surface area contributed by atoms with Crippen LogP contribution in [0.3, 0.4) is 0 Å². The monoisotopic (exact) mass is 780 g/mol. The van der Waals surface area contributed by atoms with Crippen molar-refractivity contribution >= 4 is 13.7 Å². The number of likely N-dealkylation sites (N-methyl/N-ethyl adjacent to an activating group) is 1. The van der Waals surface area contributed by atoms with Crippen molar-refractivity contribution in [1.29, 1.82) is 0 Å². The van der Waals surface area contributed by atoms with Crippen LogP contribution in [0.5, 0.6) is 0 Å². The van der Waals surface area contributed by atoms with E-state index in [-0.39, 0.29) is 19.1 Å². The van der Waals surface area contributed by atoms with Crippen LogP contribution in [-0.2, 0) is 18.4 Å². The molecular formula is C45H84N2O6P+. The number of aliphatic hydroxyl groups is 1. The van der Waals surface area contributed by atoms with Crippen LogP contribution < -0.4 is 5.32 Å². The van der Waals surface area contributed by atoms with E-state index in [1.54, 1.807) is 6.08 Å². The van der Waals surface area contributed by atoms with Crippen molar-refractivity contribution in [3.63, 3.8) is 0 Å². The molecule has 0 bridgehead atoms. The highest BCUT2D eigenvalue weighted by molar-refractivity contribution is 7.47. The summed E-state index contributed by atoms with van der Waals surface area (Å²) in [6.45, 7) is 4.57. The zero-order valence-corrected chi connectivity index (χ0v) is 36.3. The molecule has 0 aliphatic heterocycles. The second-order valence-electron chi connectivity index (χ2n) is 15.7. The molecule has 1 amide bonds. The van der Waals surface area contributed by atoms with Gasteiger partial charge in [-0.1, -0.05) is 164 Å². The lowest BCUT2D eigenvalue weighted by molar-refractivity contribution is -0.870. The minimum atomic E-state index is -4.32. The highest BCUT2D eigenvalue weighted by Crippen LogP contribution is 2.43. The molecule has 0 radical (unpaired) electrons. The number of phosphoric acid groups is 1. The van der Waals surface area contributed by atoms with Crippen molar-refractivity contribution in [2.45, 2.75) is 180 Å². The molecule has 54 heavy (non-hydrogen) atoms. The minimum Gasteiger partial charge on any atom is -0.387 e. The third-order valence-electron chi connectivity index (χ3n) is 9.24. The third kappa shape index (κ3) is 38.5. The highest BCUT2D eigenvalue weighted by atomic mass is 31.2. The lowest BCUT2D eigenvalue weighted by Crippen LogP contribution is -2.45. The van der Waals surface area contributed by atoms with Crippen LogP contribution >= 0.6 is 7.82 Å². The lowest BCUT2D eigenvalue weighted by atomic mass is 10.0. The van der Waals surface area contributed by atoms with Gasteiger partial charge < -0.3 is 19.8 Å². The predicted molar refractivity (Wildman–Crippen MR) is 230 cm³/mol. The fraction of sp³-hybridized carbons (Fsp3) is 0.756. The molecule has 0 aromatic carbocycles. The molecule has 3 N–H and O–H groups in total. The normalized spacial score (nSPS) is 15.0. The smallest absolute Gasteiger partial charge is 0.387 e. The van der Waals surface area contributed by atoms with E-state index >= 15 is 0 Å². The quantitative estimate of drug-likeness (QED) is 0.0249. The first kappa shape index (κ1) is 52.2. The number of carbonyl (C=O) groups is 1. The van der Waals surface area contributed by atoms with E-state index in [1.165, 1.54) is 77.0 Å². The molecule has 3 unspecified atom stereocenters. The number of phosphoric ester groups is 1. The lowest BCUT2D eigenvalue weighted by Gasteiger charge is -2.25. The Balaban J connectivity index is 3.99. The molecule has 0 aliphatic rings. The van der Waals surface area contributed by atoms with Crippen molar-refractivity contribution in [2.75, 3.05) is 40.9 Å². The summed E-state index contributed by atoms with van der Waals surface area (Å²) in [5.41, 5.74) is 0. The van der Waals surface area contributed by atoms with Crippen LogP contribution in [0.15, 0.2) is 60.8 Å². The largest absolute Gasteiger partial charge is 0.472 e. The Kier molecular flexibility index (Phi) is 35.6. The Morgan fingerprint density at radius 2 is 1.11 bits per heavy atom. The van der Waals surface area contributed by atoms with Gasteiger partial charge in [0.05, 0.1) is 39.9 Å². The number of amides is 1. The van der Waals surface area contributed by atoms with Gasteiger partial charge in [-0.05, 0) is 57.8 Å². The van der Waals surface area contributed by atoms with Crippen LogP contribution in [0.25, 0.3) is 0 Å². The van der Waals surface area contributed by atoms with Gasteiger partial charge in [0.25, 0.3) is 0 Å². The van der Waals surface area contributed by atoms with Crippen molar-refractivity contribution in [3.8, 4) is 0 Å². The van der Waals surface area contributed by atoms with E-state index in [9.17, 15) is 19.4 Å². The molecule has 0 heterocycles. The number of allylic oxidation sites excluding steroid dienone is 9. The average Bonchev–Trinajstić information content (AvgIpc) is 3.12. The van der Waals surface area contributed by atoms with E-state index < -0.39 is 20.0 Å². The number of hydrogen-bond acceptors (Lipinski definition) is 5. The van der Waals surface area contributed by atoms with Gasteiger partial charge in [-0.2, -0.15) is 0 Å². The van der Waals surface area contributed by atoms with Gasteiger partial charge in [0.15, 0.2) is 0 Å². The van der Waals surface area contributed by atoms with Crippen LogP contribution in [0, 0.1) is 0 Å². The maximum absolute atomic E-state index is 12.7. The molecule has 8 nitrogen and oxygen atoms in total. The number of aliphatic hydroxyl groups excluding tert-OH is 1. The topological polar surface area (TPSA) is 105 Å². The average molecular weight is 780 g/mol. The summed E-state index contributed by atoms with van der Waals surface area (Å²) in [6, 6.07) is -0.844. The second-order valence-corrected chi connectivity index (χ2v) is 17.1. The maximum Gasteiger partial charge on any atom is 0.472 e. The fourth-order valence-corrected chi connectivity index (χ4v) is 6.53. The molecule has 0 spiro atoms. The number of hydrogen-bond donors (Lipinski definition) is 3. The number of quaternary nitrogens is 1. The summed E-state index contributed by atoms with van der Waals surface area (Å²) in [7, 11) is 1.56. The third-order valence-corrected chi connectivity index (χ3v) is 10.2. The van der Waals surface area contributed by atoms with Gasteiger partial charge >= 0.3 is 7.82 Å². The van der Waals surface area contributed by atoms with Crippen LogP contribution in [-0.4, -0.2) is 73.4 Å². The first-order valence-electron chi connectivity index (χ1n) is 21.7. The highest BCUT2D eigenvalue weighted by Gasteiger charge is 2.27. The Morgan fingerprint density at radius 1 is 0.648 bits per heavy atom. The van der Waals surface area contributed by atoms with Crippen molar-refractivity contribution < 1.29 is 32.9 Å². The Hall–Kier alpha value is -1.80. The Bertz CT molecular complexity index is 1060. The molecule has 9 heteroatoms. The van der Waals surface area contributed by atoms with E-state index in [1.807, 2.05) is 27.2 Å². The Morgan fingerprint density at radius 3 is 1.63 bits per heavy atom. The summed E-state index contributed by atoms with van der Waals surface area (Å²) in [6.07, 6.45) is 47.7.